The minimum absolute atomic E-state index is 0.0544. The number of sulfonamides is 1. The van der Waals surface area contributed by atoms with Crippen LogP contribution in [0.4, 0.5) is 15.8 Å². The zero-order chi connectivity index (χ0) is 19.1. The van der Waals surface area contributed by atoms with E-state index < -0.39 is 20.8 Å². The highest BCUT2D eigenvalue weighted by atomic mass is 32.2. The summed E-state index contributed by atoms with van der Waals surface area (Å²) in [6.45, 7) is 3.86. The molecule has 2 heterocycles. The number of anilines is 1. The normalized spacial score (nSPS) is 16.0. The van der Waals surface area contributed by atoms with Gasteiger partial charge in [-0.25, -0.2) is 12.8 Å². The van der Waals surface area contributed by atoms with Crippen LogP contribution in [0.3, 0.4) is 0 Å². The van der Waals surface area contributed by atoms with E-state index >= 15 is 0 Å². The predicted octanol–water partition coefficient (Wildman–Crippen LogP) is 1.85. The van der Waals surface area contributed by atoms with Gasteiger partial charge in [0.15, 0.2) is 5.76 Å². The van der Waals surface area contributed by atoms with Gasteiger partial charge in [0.05, 0.1) is 11.0 Å². The Bertz CT molecular complexity index is 931. The fourth-order valence-electron chi connectivity index (χ4n) is 3.05. The molecule has 1 saturated heterocycles. The summed E-state index contributed by atoms with van der Waals surface area (Å²) in [5.41, 5.74) is 0.219. The Kier molecular flexibility index (Phi) is 4.67. The van der Waals surface area contributed by atoms with Gasteiger partial charge >= 0.3 is 0 Å². The zero-order valence-corrected chi connectivity index (χ0v) is 15.0. The second-order valence-corrected chi connectivity index (χ2v) is 7.81. The fraction of sp³-hybridized carbons (Fsp3) is 0.400. The Labute approximate surface area is 149 Å². The molecule has 0 saturated carbocycles. The number of piperazine rings is 1. The summed E-state index contributed by atoms with van der Waals surface area (Å²) in [7, 11) is -3.76. The number of benzene rings is 1. The van der Waals surface area contributed by atoms with Gasteiger partial charge in [-0.15, -0.1) is 0 Å². The van der Waals surface area contributed by atoms with Gasteiger partial charge in [-0.3, -0.25) is 10.1 Å². The van der Waals surface area contributed by atoms with Crippen LogP contribution < -0.4 is 4.90 Å². The molecule has 9 nitrogen and oxygen atoms in total. The van der Waals surface area contributed by atoms with Crippen LogP contribution in [0.2, 0.25) is 0 Å². The summed E-state index contributed by atoms with van der Waals surface area (Å²) in [6.07, 6.45) is 0. The van der Waals surface area contributed by atoms with E-state index in [1.807, 2.05) is 0 Å². The molecule has 1 aromatic heterocycles. The Hall–Kier alpha value is -2.53. The van der Waals surface area contributed by atoms with Crippen molar-refractivity contribution in [1.29, 1.82) is 0 Å². The Balaban J connectivity index is 1.81. The van der Waals surface area contributed by atoms with Crippen molar-refractivity contribution in [2.45, 2.75) is 18.7 Å². The Morgan fingerprint density at radius 1 is 1.23 bits per heavy atom. The minimum atomic E-state index is -3.76. The van der Waals surface area contributed by atoms with Crippen molar-refractivity contribution in [3.05, 3.63) is 45.6 Å². The smallest absolute Gasteiger partial charge is 0.295 e. The molecule has 0 atom stereocenters. The van der Waals surface area contributed by atoms with Gasteiger partial charge in [0.2, 0.25) is 10.0 Å². The summed E-state index contributed by atoms with van der Waals surface area (Å²) >= 11 is 0. The molecule has 0 radical (unpaired) electrons. The van der Waals surface area contributed by atoms with Crippen molar-refractivity contribution in [1.82, 2.24) is 9.46 Å². The molecular weight excluding hydrogens is 367 g/mol. The zero-order valence-electron chi connectivity index (χ0n) is 14.2. The molecule has 1 aromatic carbocycles. The Morgan fingerprint density at radius 3 is 2.42 bits per heavy atom. The number of aryl methyl sites for hydroxylation is 2. The van der Waals surface area contributed by atoms with Crippen molar-refractivity contribution < 1.29 is 22.3 Å². The van der Waals surface area contributed by atoms with Gasteiger partial charge < -0.3 is 9.42 Å². The van der Waals surface area contributed by atoms with Crippen molar-refractivity contribution in [3.8, 4) is 0 Å². The largest absolute Gasteiger partial charge is 0.363 e. The highest BCUT2D eigenvalue weighted by Crippen LogP contribution is 2.31. The van der Waals surface area contributed by atoms with E-state index in [0.29, 0.717) is 5.69 Å². The van der Waals surface area contributed by atoms with Crippen LogP contribution in [0, 0.1) is 29.8 Å². The van der Waals surface area contributed by atoms with E-state index in [0.717, 1.165) is 12.1 Å². The number of rotatable bonds is 4. The number of hydrogen-bond acceptors (Lipinski definition) is 7. The summed E-state index contributed by atoms with van der Waals surface area (Å²) < 4.78 is 45.1. The lowest BCUT2D eigenvalue weighted by molar-refractivity contribution is -0.384. The number of nitro benzene ring substituents is 1. The first-order valence-electron chi connectivity index (χ1n) is 7.83. The first kappa shape index (κ1) is 18.3. The van der Waals surface area contributed by atoms with Gasteiger partial charge in [-0.1, -0.05) is 5.16 Å². The molecule has 1 aliphatic heterocycles. The number of nitrogens with zero attached hydrogens (tertiary/aromatic N) is 4. The molecule has 0 N–H and O–H groups in total. The molecule has 26 heavy (non-hydrogen) atoms. The van der Waals surface area contributed by atoms with E-state index in [1.54, 1.807) is 11.8 Å². The Morgan fingerprint density at radius 2 is 1.88 bits per heavy atom. The van der Waals surface area contributed by atoms with Crippen LogP contribution in [0.15, 0.2) is 27.6 Å². The molecule has 0 bridgehead atoms. The monoisotopic (exact) mass is 384 g/mol. The molecule has 0 aliphatic carbocycles. The second kappa shape index (κ2) is 6.65. The lowest BCUT2D eigenvalue weighted by Gasteiger charge is -2.34. The molecule has 1 aliphatic rings. The van der Waals surface area contributed by atoms with Crippen LogP contribution >= 0.6 is 0 Å². The maximum atomic E-state index is 13.3. The molecule has 0 spiro atoms. The predicted molar refractivity (Wildman–Crippen MR) is 90.0 cm³/mol. The number of halogens is 1. The highest BCUT2D eigenvalue weighted by Gasteiger charge is 2.34. The van der Waals surface area contributed by atoms with Crippen molar-refractivity contribution >= 4 is 21.4 Å². The van der Waals surface area contributed by atoms with Gasteiger partial charge in [0.1, 0.15) is 22.1 Å². The van der Waals surface area contributed by atoms with Crippen LogP contribution in [0.25, 0.3) is 0 Å². The first-order valence-corrected chi connectivity index (χ1v) is 9.27. The molecular formula is C15H17FN4O5S. The van der Waals surface area contributed by atoms with Crippen LogP contribution in [0.1, 0.15) is 11.5 Å². The minimum Gasteiger partial charge on any atom is -0.363 e. The number of aromatic nitrogens is 1. The lowest BCUT2D eigenvalue weighted by atomic mass is 10.2. The topological polar surface area (TPSA) is 110 Å². The van der Waals surface area contributed by atoms with Crippen molar-refractivity contribution in [3.63, 3.8) is 0 Å². The third-order valence-electron chi connectivity index (χ3n) is 4.28. The highest BCUT2D eigenvalue weighted by molar-refractivity contribution is 7.89. The van der Waals surface area contributed by atoms with Gasteiger partial charge in [0, 0.05) is 26.2 Å². The molecule has 0 unspecified atom stereocenters. The van der Waals surface area contributed by atoms with E-state index in [1.165, 1.54) is 17.3 Å². The average Bonchev–Trinajstić information content (AvgIpc) is 2.94. The molecule has 3 rings (SSSR count). The lowest BCUT2D eigenvalue weighted by Crippen LogP contribution is -2.49. The quantitative estimate of drug-likeness (QED) is 0.584. The summed E-state index contributed by atoms with van der Waals surface area (Å²) in [5, 5.41) is 14.8. The third kappa shape index (κ3) is 3.15. The molecule has 0 amide bonds. The van der Waals surface area contributed by atoms with Crippen LogP contribution in [-0.4, -0.2) is 49.0 Å². The van der Waals surface area contributed by atoms with E-state index in [4.69, 9.17) is 4.52 Å². The van der Waals surface area contributed by atoms with Crippen molar-refractivity contribution in [2.24, 2.45) is 0 Å². The third-order valence-corrected chi connectivity index (χ3v) is 6.42. The van der Waals surface area contributed by atoms with E-state index in [-0.39, 0.29) is 48.2 Å². The summed E-state index contributed by atoms with van der Waals surface area (Å²) in [5.74, 6) is -0.473. The second-order valence-electron chi connectivity index (χ2n) is 5.93. The maximum Gasteiger partial charge on any atom is 0.295 e. The molecule has 1 fully saturated rings. The first-order chi connectivity index (χ1) is 12.2. The summed E-state index contributed by atoms with van der Waals surface area (Å²) in [4.78, 5) is 12.2. The van der Waals surface area contributed by atoms with Crippen LogP contribution in [-0.2, 0) is 10.0 Å². The maximum absolute atomic E-state index is 13.3. The fourth-order valence-corrected chi connectivity index (χ4v) is 4.76. The van der Waals surface area contributed by atoms with E-state index in [2.05, 4.69) is 5.16 Å². The summed E-state index contributed by atoms with van der Waals surface area (Å²) in [6, 6.07) is 3.35. The SMILES string of the molecule is Cc1noc(C)c1S(=O)(=O)N1CCN(c2ccc(F)cc2[N+](=O)[O-])CC1. The number of nitro groups is 1. The average molecular weight is 384 g/mol. The van der Waals surface area contributed by atoms with Gasteiger partial charge in [-0.05, 0) is 26.0 Å². The van der Waals surface area contributed by atoms with Crippen LogP contribution in [0.5, 0.6) is 0 Å². The van der Waals surface area contributed by atoms with Crippen molar-refractivity contribution in [2.75, 3.05) is 31.1 Å². The molecule has 11 heteroatoms. The van der Waals surface area contributed by atoms with Gasteiger partial charge in [-0.2, -0.15) is 4.31 Å². The number of hydrogen-bond donors (Lipinski definition) is 0. The van der Waals surface area contributed by atoms with E-state index in [9.17, 15) is 22.9 Å². The molecule has 2 aromatic rings. The van der Waals surface area contributed by atoms with Gasteiger partial charge in [0.25, 0.3) is 5.69 Å². The molecule has 140 valence electrons. The standard InChI is InChI=1S/C15H17FN4O5S/c1-10-15(11(2)25-17-10)26(23,24)19-7-5-18(6-8-19)13-4-3-12(16)9-14(13)20(21)22/h3-4,9H,5-8H2,1-2H3.